The molecule has 332 valence electrons. The second kappa shape index (κ2) is 19.3. The number of ether oxygens (including phenoxy) is 1. The van der Waals surface area contributed by atoms with Crippen LogP contribution in [0, 0.1) is 0 Å². The molecule has 16 nitrogen and oxygen atoms in total. The summed E-state index contributed by atoms with van der Waals surface area (Å²) in [7, 11) is 0. The first-order valence-corrected chi connectivity index (χ1v) is 23.2. The van der Waals surface area contributed by atoms with Crippen molar-refractivity contribution in [3.8, 4) is 22.8 Å². The van der Waals surface area contributed by atoms with E-state index in [2.05, 4.69) is 25.1 Å². The molecular formula is C47H52N10O6S. The molecule has 3 saturated heterocycles. The number of nitrogens with zero attached hydrogens (tertiary/aromatic N) is 8. The number of rotatable bonds is 15. The number of anilines is 1. The quantitative estimate of drug-likeness (QED) is 0.0773. The number of piperazine rings is 1. The average molecular weight is 885 g/mol. The monoisotopic (exact) mass is 884 g/mol. The number of imide groups is 2. The molecule has 0 bridgehead atoms. The number of carbonyl (C=O) groups excluding carboxylic acids is 5. The topological polar surface area (TPSA) is 189 Å². The number of likely N-dealkylation sites (tertiary alicyclic amines) is 1. The molecule has 3 fully saturated rings. The van der Waals surface area contributed by atoms with E-state index in [-0.39, 0.29) is 24.8 Å². The molecule has 0 aliphatic carbocycles. The molecule has 5 amide bonds. The molecule has 0 radical (unpaired) electrons. The van der Waals surface area contributed by atoms with Crippen molar-refractivity contribution in [1.82, 2.24) is 44.7 Å². The summed E-state index contributed by atoms with van der Waals surface area (Å²) in [5.74, 6) is 0.860. The fourth-order valence-electron chi connectivity index (χ4n) is 9.21. The zero-order valence-corrected chi connectivity index (χ0v) is 36.5. The van der Waals surface area contributed by atoms with Crippen LogP contribution in [0.2, 0.25) is 0 Å². The summed E-state index contributed by atoms with van der Waals surface area (Å²) in [6, 6.07) is 21.6. The van der Waals surface area contributed by atoms with Gasteiger partial charge in [-0.2, -0.15) is 5.10 Å². The van der Waals surface area contributed by atoms with Gasteiger partial charge in [-0.25, -0.2) is 14.6 Å². The maximum absolute atomic E-state index is 13.6. The Kier molecular flexibility index (Phi) is 13.0. The molecule has 64 heavy (non-hydrogen) atoms. The van der Waals surface area contributed by atoms with Crippen LogP contribution in [0.25, 0.3) is 22.3 Å². The fourth-order valence-corrected chi connectivity index (χ4v) is 10.3. The summed E-state index contributed by atoms with van der Waals surface area (Å²) in [5, 5.41) is 8.01. The Hall–Kier alpha value is -6.17. The van der Waals surface area contributed by atoms with Gasteiger partial charge in [0.25, 0.3) is 11.8 Å². The zero-order valence-electron chi connectivity index (χ0n) is 35.7. The summed E-state index contributed by atoms with van der Waals surface area (Å²) in [5.41, 5.74) is 9.34. The lowest BCUT2D eigenvalue weighted by Crippen LogP contribution is -2.54. The van der Waals surface area contributed by atoms with Crippen LogP contribution in [0.5, 0.6) is 11.5 Å². The van der Waals surface area contributed by atoms with Crippen LogP contribution in [-0.4, -0.2) is 133 Å². The van der Waals surface area contributed by atoms with E-state index in [0.717, 1.165) is 105 Å². The third kappa shape index (κ3) is 9.23. The third-order valence-electron chi connectivity index (χ3n) is 12.6. The first-order chi connectivity index (χ1) is 31.2. The van der Waals surface area contributed by atoms with Crippen molar-refractivity contribution < 1.29 is 28.7 Å². The molecule has 3 aromatic carbocycles. The molecule has 5 aromatic rings. The second-order valence-electron chi connectivity index (χ2n) is 16.8. The minimum Gasteiger partial charge on any atom is -0.457 e. The van der Waals surface area contributed by atoms with Crippen molar-refractivity contribution in [3.05, 3.63) is 90.3 Å². The average Bonchev–Trinajstić information content (AvgIpc) is 3.83. The largest absolute Gasteiger partial charge is 0.457 e. The lowest BCUT2D eigenvalue weighted by molar-refractivity contribution is -0.136. The SMILES string of the molecule is Nc1ncnc2c1c(-c1ccc(Oc3ccccc3)cc1)nn2[C@@H]1CCCN(C(=O)CCCN2CCN(CCCCSc3cccc4c3C(=O)N(C3CCC(=O)NC3=O)C4=O)CC2)C1. The molecule has 2 atom stereocenters. The summed E-state index contributed by atoms with van der Waals surface area (Å²) < 4.78 is 7.94. The summed E-state index contributed by atoms with van der Waals surface area (Å²) in [6.07, 6.45) is 6.72. The minimum atomic E-state index is -0.972. The normalized spacial score (nSPS) is 19.6. The van der Waals surface area contributed by atoms with Crippen molar-refractivity contribution in [3.63, 3.8) is 0 Å². The third-order valence-corrected chi connectivity index (χ3v) is 13.7. The number of hydrogen-bond acceptors (Lipinski definition) is 13. The molecule has 4 aliphatic heterocycles. The Balaban J connectivity index is 0.705. The van der Waals surface area contributed by atoms with Gasteiger partial charge in [-0.05, 0) is 106 Å². The van der Waals surface area contributed by atoms with Crippen LogP contribution in [-0.2, 0) is 14.4 Å². The lowest BCUT2D eigenvalue weighted by Gasteiger charge is -2.35. The maximum Gasteiger partial charge on any atom is 0.263 e. The van der Waals surface area contributed by atoms with E-state index >= 15 is 0 Å². The highest BCUT2D eigenvalue weighted by Gasteiger charge is 2.45. The molecule has 17 heteroatoms. The van der Waals surface area contributed by atoms with Crippen LogP contribution < -0.4 is 15.8 Å². The summed E-state index contributed by atoms with van der Waals surface area (Å²) >= 11 is 1.56. The van der Waals surface area contributed by atoms with Crippen LogP contribution in [0.1, 0.15) is 78.1 Å². The second-order valence-corrected chi connectivity index (χ2v) is 17.9. The van der Waals surface area contributed by atoms with Crippen molar-refractivity contribution in [2.45, 2.75) is 68.3 Å². The predicted octanol–water partition coefficient (Wildman–Crippen LogP) is 5.40. The van der Waals surface area contributed by atoms with Gasteiger partial charge in [-0.15, -0.1) is 11.8 Å². The first kappa shape index (κ1) is 43.1. The fraction of sp³-hybridized carbons (Fsp3) is 0.404. The smallest absolute Gasteiger partial charge is 0.263 e. The Labute approximate surface area is 375 Å². The van der Waals surface area contributed by atoms with E-state index in [4.69, 9.17) is 15.6 Å². The minimum absolute atomic E-state index is 0.0395. The molecule has 0 saturated carbocycles. The molecular weight excluding hydrogens is 833 g/mol. The van der Waals surface area contributed by atoms with Gasteiger partial charge in [0.1, 0.15) is 35.4 Å². The highest BCUT2D eigenvalue weighted by molar-refractivity contribution is 7.99. The van der Waals surface area contributed by atoms with Gasteiger partial charge in [-0.3, -0.25) is 34.2 Å². The number of fused-ring (bicyclic) bond motifs is 2. The number of piperidine rings is 2. The van der Waals surface area contributed by atoms with Crippen molar-refractivity contribution in [2.24, 2.45) is 0 Å². The van der Waals surface area contributed by atoms with E-state index in [0.29, 0.717) is 52.4 Å². The van der Waals surface area contributed by atoms with Gasteiger partial charge in [0.2, 0.25) is 17.7 Å². The number of carbonyl (C=O) groups is 5. The predicted molar refractivity (Wildman–Crippen MR) is 242 cm³/mol. The molecule has 2 aromatic heterocycles. The van der Waals surface area contributed by atoms with Crippen LogP contribution in [0.4, 0.5) is 5.82 Å². The molecule has 6 heterocycles. The number of unbranched alkanes of at least 4 members (excludes halogenated alkanes) is 1. The first-order valence-electron chi connectivity index (χ1n) is 22.2. The number of thioether (sulfide) groups is 1. The molecule has 4 aliphatic rings. The van der Waals surface area contributed by atoms with E-state index < -0.39 is 29.7 Å². The van der Waals surface area contributed by atoms with Gasteiger partial charge >= 0.3 is 0 Å². The molecule has 9 rings (SSSR count). The van der Waals surface area contributed by atoms with Gasteiger partial charge in [0.15, 0.2) is 5.65 Å². The van der Waals surface area contributed by atoms with Gasteiger partial charge < -0.3 is 25.2 Å². The Morgan fingerprint density at radius 2 is 1.56 bits per heavy atom. The van der Waals surface area contributed by atoms with E-state index in [9.17, 15) is 24.0 Å². The number of amides is 5. The Morgan fingerprint density at radius 1 is 0.812 bits per heavy atom. The highest BCUT2D eigenvalue weighted by atomic mass is 32.2. The molecule has 0 spiro atoms. The number of aromatic nitrogens is 4. The molecule has 1 unspecified atom stereocenters. The van der Waals surface area contributed by atoms with E-state index in [1.54, 1.807) is 23.9 Å². The van der Waals surface area contributed by atoms with Crippen LogP contribution in [0.15, 0.2) is 84.0 Å². The number of para-hydroxylation sites is 1. The number of benzene rings is 3. The van der Waals surface area contributed by atoms with E-state index in [1.165, 1.54) is 6.33 Å². The maximum atomic E-state index is 13.6. The summed E-state index contributed by atoms with van der Waals surface area (Å²) in [6.45, 7) is 7.05. The highest BCUT2D eigenvalue weighted by Crippen LogP contribution is 2.37. The van der Waals surface area contributed by atoms with Gasteiger partial charge in [-0.1, -0.05) is 24.3 Å². The van der Waals surface area contributed by atoms with Crippen molar-refractivity contribution in [2.75, 3.05) is 63.8 Å². The van der Waals surface area contributed by atoms with Crippen molar-refractivity contribution >= 4 is 58.1 Å². The van der Waals surface area contributed by atoms with Crippen LogP contribution >= 0.6 is 11.8 Å². The number of hydrogen-bond donors (Lipinski definition) is 2. The lowest BCUT2D eigenvalue weighted by atomic mass is 10.0. The Morgan fingerprint density at radius 3 is 2.33 bits per heavy atom. The molecule has 3 N–H and O–H groups in total. The van der Waals surface area contributed by atoms with E-state index in [1.807, 2.05) is 70.2 Å². The number of nitrogens with one attached hydrogen (secondary N) is 1. The number of nitrogen functional groups attached to an aromatic ring is 1. The van der Waals surface area contributed by atoms with Crippen molar-refractivity contribution in [1.29, 1.82) is 0 Å². The number of nitrogens with two attached hydrogens (primary N) is 1. The standard InChI is InChI=1S/C47H52N10O6S/c48-43-41-42(31-15-17-34(18-16-31)63-33-10-2-1-3-11-33)52-57(44(41)50-30-49-43)32-9-7-23-55(29-32)39(59)14-8-22-54-26-24-53(25-27-54)21-4-5-28-64-37-13-6-12-35-40(37)47(62)56(46(35)61)36-19-20-38(58)51-45(36)60/h1-3,6,10-13,15-18,30,32,36H,4-5,7-9,14,19-29H2,(H2,48,49,50)(H,51,58,60)/t32-,36?/m1/s1. The van der Waals surface area contributed by atoms with Gasteiger partial charge in [0.05, 0.1) is 22.6 Å². The Bertz CT molecular complexity index is 2540. The van der Waals surface area contributed by atoms with Gasteiger partial charge in [0, 0.05) is 62.6 Å². The summed E-state index contributed by atoms with van der Waals surface area (Å²) in [4.78, 5) is 81.9. The zero-order chi connectivity index (χ0) is 44.2. The van der Waals surface area contributed by atoms with Crippen LogP contribution in [0.3, 0.4) is 0 Å².